The van der Waals surface area contributed by atoms with Crippen LogP contribution in [0.4, 0.5) is 0 Å². The van der Waals surface area contributed by atoms with Crippen molar-refractivity contribution in [2.24, 2.45) is 5.10 Å². The molecule has 0 aliphatic rings. The highest BCUT2D eigenvalue weighted by molar-refractivity contribution is 5.95. The van der Waals surface area contributed by atoms with Crippen molar-refractivity contribution in [3.63, 3.8) is 0 Å². The van der Waals surface area contributed by atoms with Crippen LogP contribution in [0.25, 0.3) is 0 Å². The van der Waals surface area contributed by atoms with Crippen LogP contribution in [-0.2, 0) is 0 Å². The highest BCUT2D eigenvalue weighted by Crippen LogP contribution is 2.13. The maximum atomic E-state index is 12.0. The minimum absolute atomic E-state index is 0.282. The van der Waals surface area contributed by atoms with Gasteiger partial charge in [0.1, 0.15) is 17.3 Å². The van der Waals surface area contributed by atoms with Gasteiger partial charge in [-0.05, 0) is 56.2 Å². The van der Waals surface area contributed by atoms with Crippen LogP contribution in [-0.4, -0.2) is 18.7 Å². The first-order valence-corrected chi connectivity index (χ1v) is 7.73. The van der Waals surface area contributed by atoms with Crippen LogP contribution < -0.4 is 10.2 Å². The molecule has 0 atom stereocenters. The molecule has 0 saturated carbocycles. The van der Waals surface area contributed by atoms with Crippen molar-refractivity contribution < 1.29 is 13.9 Å². The molecule has 1 aromatic heterocycles. The van der Waals surface area contributed by atoms with Gasteiger partial charge in [-0.1, -0.05) is 13.3 Å². The molecular formula is C18H22N2O3. The molecule has 1 amide bonds. The van der Waals surface area contributed by atoms with E-state index in [2.05, 4.69) is 17.5 Å². The van der Waals surface area contributed by atoms with E-state index in [0.717, 1.165) is 30.8 Å². The average Bonchev–Trinajstić information content (AvgIpc) is 2.88. The number of unbranched alkanes of at least 4 members (excludes halogenated alkanes) is 1. The molecule has 5 nitrogen and oxygen atoms in total. The lowest BCUT2D eigenvalue weighted by Crippen LogP contribution is -2.17. The molecule has 2 rings (SSSR count). The largest absolute Gasteiger partial charge is 0.494 e. The average molecular weight is 314 g/mol. The molecule has 0 spiro atoms. The predicted molar refractivity (Wildman–Crippen MR) is 90.1 cm³/mol. The van der Waals surface area contributed by atoms with Gasteiger partial charge in [0.15, 0.2) is 0 Å². The molecule has 5 heteroatoms. The molecule has 0 aliphatic carbocycles. The fourth-order valence-corrected chi connectivity index (χ4v) is 2.07. The van der Waals surface area contributed by atoms with Crippen molar-refractivity contribution in [1.82, 2.24) is 5.43 Å². The summed E-state index contributed by atoms with van der Waals surface area (Å²) in [7, 11) is 0. The Morgan fingerprint density at radius 2 is 2.04 bits per heavy atom. The first-order valence-electron chi connectivity index (χ1n) is 7.73. The second kappa shape index (κ2) is 8.17. The van der Waals surface area contributed by atoms with Crippen molar-refractivity contribution in [1.29, 1.82) is 0 Å². The van der Waals surface area contributed by atoms with E-state index in [0.29, 0.717) is 17.1 Å². The Kier molecular flexibility index (Phi) is 5.97. The Morgan fingerprint density at radius 3 is 2.65 bits per heavy atom. The quantitative estimate of drug-likeness (QED) is 0.480. The van der Waals surface area contributed by atoms with Gasteiger partial charge in [0.25, 0.3) is 5.91 Å². The normalized spacial score (nSPS) is 10.9. The highest BCUT2D eigenvalue weighted by Gasteiger charge is 2.12. The predicted octanol–water partition coefficient (Wildman–Crippen LogP) is 3.84. The summed E-state index contributed by atoms with van der Waals surface area (Å²) in [5.74, 6) is 1.85. The Hall–Kier alpha value is -2.56. The van der Waals surface area contributed by atoms with E-state index in [9.17, 15) is 4.79 Å². The van der Waals surface area contributed by atoms with Crippen LogP contribution >= 0.6 is 0 Å². The summed E-state index contributed by atoms with van der Waals surface area (Å²) in [6.07, 6.45) is 3.75. The minimum Gasteiger partial charge on any atom is -0.494 e. The lowest BCUT2D eigenvalue weighted by Gasteiger charge is -2.04. The second-order valence-electron chi connectivity index (χ2n) is 5.30. The SMILES string of the molecule is CCCCOc1ccc(C=NNC(=O)c2cc(C)oc2C)cc1. The number of amides is 1. The number of benzene rings is 1. The number of carbonyl (C=O) groups excluding carboxylic acids is 1. The molecule has 0 saturated heterocycles. The van der Waals surface area contributed by atoms with Crippen LogP contribution in [0.15, 0.2) is 39.9 Å². The Labute approximate surface area is 136 Å². The van der Waals surface area contributed by atoms with Crippen LogP contribution in [0.1, 0.15) is 47.2 Å². The van der Waals surface area contributed by atoms with Crippen molar-refractivity contribution in [3.8, 4) is 5.75 Å². The number of carbonyl (C=O) groups is 1. The second-order valence-corrected chi connectivity index (χ2v) is 5.30. The van der Waals surface area contributed by atoms with Crippen LogP contribution in [0.5, 0.6) is 5.75 Å². The van der Waals surface area contributed by atoms with Crippen molar-refractivity contribution in [2.45, 2.75) is 33.6 Å². The number of furan rings is 1. The van der Waals surface area contributed by atoms with Crippen LogP contribution in [0.3, 0.4) is 0 Å². The fourth-order valence-electron chi connectivity index (χ4n) is 2.07. The van der Waals surface area contributed by atoms with E-state index in [1.165, 1.54) is 0 Å². The summed E-state index contributed by atoms with van der Waals surface area (Å²) < 4.78 is 10.9. The van der Waals surface area contributed by atoms with Crippen LogP contribution in [0, 0.1) is 13.8 Å². The van der Waals surface area contributed by atoms with Gasteiger partial charge >= 0.3 is 0 Å². The van der Waals surface area contributed by atoms with Gasteiger partial charge in [0.2, 0.25) is 0 Å². The molecule has 0 bridgehead atoms. The number of rotatable bonds is 7. The lowest BCUT2D eigenvalue weighted by molar-refractivity contribution is 0.0953. The highest BCUT2D eigenvalue weighted by atomic mass is 16.5. The van der Waals surface area contributed by atoms with Gasteiger partial charge in [-0.2, -0.15) is 5.10 Å². The third-order valence-corrected chi connectivity index (χ3v) is 3.31. The van der Waals surface area contributed by atoms with E-state index < -0.39 is 0 Å². The third-order valence-electron chi connectivity index (χ3n) is 3.31. The summed E-state index contributed by atoms with van der Waals surface area (Å²) in [5, 5.41) is 3.97. The number of hydrogen-bond donors (Lipinski definition) is 1. The molecular weight excluding hydrogens is 292 g/mol. The first kappa shape index (κ1) is 16.8. The molecule has 1 heterocycles. The molecule has 1 aromatic carbocycles. The van der Waals surface area contributed by atoms with E-state index >= 15 is 0 Å². The topological polar surface area (TPSA) is 63.8 Å². The van der Waals surface area contributed by atoms with E-state index in [4.69, 9.17) is 9.15 Å². The molecule has 2 aromatic rings. The van der Waals surface area contributed by atoms with Gasteiger partial charge < -0.3 is 9.15 Å². The molecule has 0 radical (unpaired) electrons. The Bertz CT molecular complexity index is 672. The van der Waals surface area contributed by atoms with Crippen LogP contribution in [0.2, 0.25) is 0 Å². The van der Waals surface area contributed by atoms with Crippen molar-refractivity contribution >= 4 is 12.1 Å². The van der Waals surface area contributed by atoms with E-state index in [-0.39, 0.29) is 5.91 Å². The zero-order valence-electron chi connectivity index (χ0n) is 13.8. The summed E-state index contributed by atoms with van der Waals surface area (Å²) in [4.78, 5) is 12.0. The minimum atomic E-state index is -0.282. The Balaban J connectivity index is 1.88. The van der Waals surface area contributed by atoms with Gasteiger partial charge in [0, 0.05) is 0 Å². The third kappa shape index (κ3) is 4.98. The summed E-state index contributed by atoms with van der Waals surface area (Å²) in [5.41, 5.74) is 3.88. The number of nitrogens with one attached hydrogen (secondary N) is 1. The Morgan fingerprint density at radius 1 is 1.30 bits per heavy atom. The number of hydrazone groups is 1. The number of hydrogen-bond acceptors (Lipinski definition) is 4. The molecule has 0 aliphatic heterocycles. The first-order chi connectivity index (χ1) is 11.1. The van der Waals surface area contributed by atoms with E-state index in [1.54, 1.807) is 26.1 Å². The van der Waals surface area contributed by atoms with Crippen molar-refractivity contribution in [2.75, 3.05) is 6.61 Å². The molecule has 122 valence electrons. The summed E-state index contributed by atoms with van der Waals surface area (Å²) in [6, 6.07) is 9.27. The lowest BCUT2D eigenvalue weighted by atomic mass is 10.2. The smallest absolute Gasteiger partial charge is 0.274 e. The molecule has 1 N–H and O–H groups in total. The van der Waals surface area contributed by atoms with Gasteiger partial charge in [-0.15, -0.1) is 0 Å². The van der Waals surface area contributed by atoms with Gasteiger partial charge in [-0.25, -0.2) is 5.43 Å². The maximum absolute atomic E-state index is 12.0. The van der Waals surface area contributed by atoms with Gasteiger partial charge in [-0.3, -0.25) is 4.79 Å². The van der Waals surface area contributed by atoms with E-state index in [1.807, 2.05) is 24.3 Å². The monoisotopic (exact) mass is 314 g/mol. The fraction of sp³-hybridized carbons (Fsp3) is 0.333. The number of ether oxygens (including phenoxy) is 1. The summed E-state index contributed by atoms with van der Waals surface area (Å²) >= 11 is 0. The molecule has 0 unspecified atom stereocenters. The maximum Gasteiger partial charge on any atom is 0.274 e. The molecule has 0 fully saturated rings. The zero-order valence-corrected chi connectivity index (χ0v) is 13.8. The number of aryl methyl sites for hydroxylation is 2. The molecule has 23 heavy (non-hydrogen) atoms. The zero-order chi connectivity index (χ0) is 16.7. The van der Waals surface area contributed by atoms with Crippen molar-refractivity contribution in [3.05, 3.63) is 53.0 Å². The standard InChI is InChI=1S/C18H22N2O3/c1-4-5-10-22-16-8-6-15(7-9-16)12-19-20-18(21)17-11-13(2)23-14(17)3/h6-9,11-12H,4-5,10H2,1-3H3,(H,20,21). The van der Waals surface area contributed by atoms with Gasteiger partial charge in [0.05, 0.1) is 18.4 Å². The number of nitrogens with zero attached hydrogens (tertiary/aromatic N) is 1. The summed E-state index contributed by atoms with van der Waals surface area (Å²) in [6.45, 7) is 6.41.